The lowest BCUT2D eigenvalue weighted by Crippen LogP contribution is -2.58. The molecule has 30 heavy (non-hydrogen) atoms. The summed E-state index contributed by atoms with van der Waals surface area (Å²) in [6.07, 6.45) is 5.53. The molecular weight excluding hydrogens is 376 g/mol. The van der Waals surface area contributed by atoms with E-state index in [1.165, 1.54) is 12.0 Å². The van der Waals surface area contributed by atoms with E-state index in [0.717, 1.165) is 78.0 Å². The average molecular weight is 413 g/mol. The molecule has 3 aliphatic heterocycles. The molecule has 2 amide bonds. The quantitative estimate of drug-likeness (QED) is 0.744. The molecule has 0 saturated carbocycles. The Morgan fingerprint density at radius 3 is 2.27 bits per heavy atom. The Balaban J connectivity index is 1.29. The fraction of sp³-hybridized carbons (Fsp3) is 0.667. The van der Waals surface area contributed by atoms with Gasteiger partial charge < -0.3 is 9.80 Å². The number of carbonyl (C=O) groups is 2. The zero-order valence-corrected chi connectivity index (χ0v) is 18.3. The fourth-order valence-electron chi connectivity index (χ4n) is 5.19. The number of likely N-dealkylation sites (tertiary alicyclic amines) is 2. The lowest BCUT2D eigenvalue weighted by molar-refractivity contribution is -0.141. The van der Waals surface area contributed by atoms with Crippen molar-refractivity contribution in [3.63, 3.8) is 0 Å². The standard InChI is InChI=1S/C24H36N4O2/c1-20(23(29)26-12-6-3-7-13-26)25-15-17-27(18-16-25)24(30)22-11-8-14-28(22)19-21-9-4-2-5-10-21/h2,4-5,9-10,20,22H,3,6-8,11-19H2,1H3. The first kappa shape index (κ1) is 21.3. The minimum Gasteiger partial charge on any atom is -0.341 e. The van der Waals surface area contributed by atoms with Crippen LogP contribution in [0.3, 0.4) is 0 Å². The SMILES string of the molecule is CC(C(=O)N1CCCCC1)N1CCN(C(=O)C2CCCN2Cc2ccccc2)CC1. The smallest absolute Gasteiger partial charge is 0.240 e. The average Bonchev–Trinajstić information content (AvgIpc) is 3.27. The van der Waals surface area contributed by atoms with E-state index in [1.807, 2.05) is 22.8 Å². The molecule has 6 heteroatoms. The summed E-state index contributed by atoms with van der Waals surface area (Å²) >= 11 is 0. The first-order valence-electron chi connectivity index (χ1n) is 11.7. The van der Waals surface area contributed by atoms with Gasteiger partial charge in [0.1, 0.15) is 0 Å². The van der Waals surface area contributed by atoms with Crippen LogP contribution in [0, 0.1) is 0 Å². The van der Waals surface area contributed by atoms with Gasteiger partial charge in [0.2, 0.25) is 11.8 Å². The van der Waals surface area contributed by atoms with Crippen LogP contribution in [0.25, 0.3) is 0 Å². The highest BCUT2D eigenvalue weighted by molar-refractivity contribution is 5.83. The molecule has 0 spiro atoms. The zero-order valence-electron chi connectivity index (χ0n) is 18.3. The summed E-state index contributed by atoms with van der Waals surface area (Å²) in [4.78, 5) is 34.7. The van der Waals surface area contributed by atoms with Crippen LogP contribution in [0.4, 0.5) is 0 Å². The summed E-state index contributed by atoms with van der Waals surface area (Å²) in [5.74, 6) is 0.539. The van der Waals surface area contributed by atoms with E-state index in [2.05, 4.69) is 34.1 Å². The highest BCUT2D eigenvalue weighted by atomic mass is 16.2. The Morgan fingerprint density at radius 2 is 1.57 bits per heavy atom. The van der Waals surface area contributed by atoms with Crippen molar-refractivity contribution >= 4 is 11.8 Å². The summed E-state index contributed by atoms with van der Waals surface area (Å²) in [7, 11) is 0. The first-order chi connectivity index (χ1) is 14.6. The molecule has 3 fully saturated rings. The largest absolute Gasteiger partial charge is 0.341 e. The van der Waals surface area contributed by atoms with Gasteiger partial charge in [-0.1, -0.05) is 30.3 Å². The van der Waals surface area contributed by atoms with Gasteiger partial charge in [-0.05, 0) is 51.1 Å². The molecule has 3 aliphatic rings. The summed E-state index contributed by atoms with van der Waals surface area (Å²) < 4.78 is 0. The van der Waals surface area contributed by atoms with E-state index in [-0.39, 0.29) is 23.9 Å². The van der Waals surface area contributed by atoms with Gasteiger partial charge in [-0.2, -0.15) is 0 Å². The van der Waals surface area contributed by atoms with Crippen LogP contribution in [-0.4, -0.2) is 89.3 Å². The highest BCUT2D eigenvalue weighted by Crippen LogP contribution is 2.23. The maximum atomic E-state index is 13.2. The highest BCUT2D eigenvalue weighted by Gasteiger charge is 2.36. The number of piperazine rings is 1. The second-order valence-electron chi connectivity index (χ2n) is 9.04. The number of amides is 2. The molecule has 2 unspecified atom stereocenters. The lowest BCUT2D eigenvalue weighted by atomic mass is 10.1. The Morgan fingerprint density at radius 1 is 0.867 bits per heavy atom. The molecule has 3 saturated heterocycles. The molecule has 164 valence electrons. The topological polar surface area (TPSA) is 47.1 Å². The Bertz CT molecular complexity index is 711. The van der Waals surface area contributed by atoms with Gasteiger partial charge in [0.25, 0.3) is 0 Å². The molecule has 4 rings (SSSR count). The Kier molecular flexibility index (Phi) is 7.05. The fourth-order valence-corrected chi connectivity index (χ4v) is 5.19. The molecule has 0 aliphatic carbocycles. The molecule has 0 radical (unpaired) electrons. The number of nitrogens with zero attached hydrogens (tertiary/aromatic N) is 4. The number of rotatable bonds is 5. The van der Waals surface area contributed by atoms with Crippen LogP contribution in [0.2, 0.25) is 0 Å². The molecule has 2 atom stereocenters. The third kappa shape index (κ3) is 4.86. The number of carbonyl (C=O) groups excluding carboxylic acids is 2. The molecule has 1 aromatic rings. The van der Waals surface area contributed by atoms with E-state index in [0.29, 0.717) is 0 Å². The third-order valence-corrected chi connectivity index (χ3v) is 7.08. The van der Waals surface area contributed by atoms with E-state index in [9.17, 15) is 9.59 Å². The molecule has 3 heterocycles. The van der Waals surface area contributed by atoms with Crippen molar-refractivity contribution in [1.82, 2.24) is 19.6 Å². The van der Waals surface area contributed by atoms with Crippen LogP contribution in [0.15, 0.2) is 30.3 Å². The van der Waals surface area contributed by atoms with Gasteiger partial charge in [0, 0.05) is 45.8 Å². The van der Waals surface area contributed by atoms with Gasteiger partial charge in [-0.3, -0.25) is 19.4 Å². The van der Waals surface area contributed by atoms with Crippen molar-refractivity contribution in [2.24, 2.45) is 0 Å². The first-order valence-corrected chi connectivity index (χ1v) is 11.7. The number of hydrogen-bond donors (Lipinski definition) is 0. The summed E-state index contributed by atoms with van der Waals surface area (Å²) in [5.41, 5.74) is 1.27. The van der Waals surface area contributed by atoms with Gasteiger partial charge in [-0.25, -0.2) is 0 Å². The minimum atomic E-state index is -0.0820. The predicted octanol–water partition coefficient (Wildman–Crippen LogP) is 2.20. The van der Waals surface area contributed by atoms with Crippen molar-refractivity contribution in [2.45, 2.75) is 57.7 Å². The molecule has 1 aromatic carbocycles. The minimum absolute atomic E-state index is 0.00385. The van der Waals surface area contributed by atoms with Crippen LogP contribution >= 0.6 is 0 Å². The van der Waals surface area contributed by atoms with Crippen molar-refractivity contribution in [3.05, 3.63) is 35.9 Å². The monoisotopic (exact) mass is 412 g/mol. The van der Waals surface area contributed by atoms with E-state index < -0.39 is 0 Å². The van der Waals surface area contributed by atoms with Crippen LogP contribution < -0.4 is 0 Å². The van der Waals surface area contributed by atoms with Crippen molar-refractivity contribution < 1.29 is 9.59 Å². The van der Waals surface area contributed by atoms with Crippen LogP contribution in [0.1, 0.15) is 44.6 Å². The molecule has 6 nitrogen and oxygen atoms in total. The maximum absolute atomic E-state index is 13.2. The second kappa shape index (κ2) is 9.92. The predicted molar refractivity (Wildman–Crippen MR) is 118 cm³/mol. The Hall–Kier alpha value is -1.92. The number of piperidine rings is 1. The van der Waals surface area contributed by atoms with E-state index in [1.54, 1.807) is 0 Å². The molecule has 0 N–H and O–H groups in total. The normalized spacial score (nSPS) is 24.8. The van der Waals surface area contributed by atoms with Crippen molar-refractivity contribution in [2.75, 3.05) is 45.8 Å². The second-order valence-corrected chi connectivity index (χ2v) is 9.04. The van der Waals surface area contributed by atoms with Crippen LogP contribution in [0.5, 0.6) is 0 Å². The molecular formula is C24H36N4O2. The van der Waals surface area contributed by atoms with Crippen LogP contribution in [-0.2, 0) is 16.1 Å². The van der Waals surface area contributed by atoms with Gasteiger partial charge in [-0.15, -0.1) is 0 Å². The van der Waals surface area contributed by atoms with Gasteiger partial charge in [0.05, 0.1) is 12.1 Å². The third-order valence-electron chi connectivity index (χ3n) is 7.08. The number of benzene rings is 1. The van der Waals surface area contributed by atoms with Crippen molar-refractivity contribution in [1.29, 1.82) is 0 Å². The Labute approximate surface area is 180 Å². The molecule has 0 bridgehead atoms. The zero-order chi connectivity index (χ0) is 20.9. The van der Waals surface area contributed by atoms with Gasteiger partial charge in [0.15, 0.2) is 0 Å². The van der Waals surface area contributed by atoms with Crippen molar-refractivity contribution in [3.8, 4) is 0 Å². The van der Waals surface area contributed by atoms with Gasteiger partial charge >= 0.3 is 0 Å². The maximum Gasteiger partial charge on any atom is 0.240 e. The van der Waals surface area contributed by atoms with E-state index in [4.69, 9.17) is 0 Å². The van der Waals surface area contributed by atoms with E-state index >= 15 is 0 Å². The molecule has 0 aromatic heterocycles. The summed E-state index contributed by atoms with van der Waals surface area (Å²) in [5, 5.41) is 0. The summed E-state index contributed by atoms with van der Waals surface area (Å²) in [6, 6.07) is 10.4. The lowest BCUT2D eigenvalue weighted by Gasteiger charge is -2.40. The summed E-state index contributed by atoms with van der Waals surface area (Å²) in [6.45, 7) is 8.72. The number of hydrogen-bond acceptors (Lipinski definition) is 4.